The molecule has 1 fully saturated rings. The topological polar surface area (TPSA) is 101 Å². The molecule has 0 radical (unpaired) electrons. The minimum atomic E-state index is -1.43. The van der Waals surface area contributed by atoms with Gasteiger partial charge in [-0.2, -0.15) is 16.9 Å². The van der Waals surface area contributed by atoms with Crippen molar-refractivity contribution in [2.45, 2.75) is 25.3 Å². The first-order chi connectivity index (χ1) is 12.8. The number of para-hydroxylation sites is 1. The van der Waals surface area contributed by atoms with E-state index in [1.54, 1.807) is 24.8 Å². The van der Waals surface area contributed by atoms with Crippen LogP contribution in [0.1, 0.15) is 29.0 Å². The van der Waals surface area contributed by atoms with Crippen LogP contribution in [-0.4, -0.2) is 43.8 Å². The normalized spacial score (nSPS) is 15.9. The number of carboxylic acids is 1. The molecule has 0 spiro atoms. The fourth-order valence-corrected chi connectivity index (χ4v) is 4.15. The quantitative estimate of drug-likeness (QED) is 0.824. The van der Waals surface area contributed by atoms with Gasteiger partial charge in [0.2, 0.25) is 5.43 Å². The molecule has 3 rings (SSSR count). The summed E-state index contributed by atoms with van der Waals surface area (Å²) in [4.78, 5) is 36.7. The van der Waals surface area contributed by atoms with Crippen LogP contribution in [0.2, 0.25) is 0 Å². The maximum atomic E-state index is 14.1. The second-order valence-electron chi connectivity index (χ2n) is 6.32. The van der Waals surface area contributed by atoms with Crippen LogP contribution in [0.3, 0.4) is 0 Å². The van der Waals surface area contributed by atoms with Gasteiger partial charge >= 0.3 is 5.97 Å². The van der Waals surface area contributed by atoms with Gasteiger partial charge < -0.3 is 10.4 Å². The Kier molecular flexibility index (Phi) is 5.31. The summed E-state index contributed by atoms with van der Waals surface area (Å²) in [5, 5.41) is 16.1. The van der Waals surface area contributed by atoms with Gasteiger partial charge in [0.15, 0.2) is 5.69 Å². The molecule has 1 aromatic carbocycles. The number of halogens is 1. The lowest BCUT2D eigenvalue weighted by molar-refractivity contribution is -0.144. The zero-order chi connectivity index (χ0) is 19.6. The second-order valence-corrected chi connectivity index (χ2v) is 7.54. The van der Waals surface area contributed by atoms with Gasteiger partial charge in [-0.3, -0.25) is 9.59 Å². The Morgan fingerprint density at radius 3 is 2.59 bits per heavy atom. The molecule has 0 saturated carbocycles. The number of carbonyl (C=O) groups is 2. The molecule has 1 aliphatic rings. The molecule has 0 atom stereocenters. The van der Waals surface area contributed by atoms with Crippen LogP contribution in [0.25, 0.3) is 5.69 Å². The summed E-state index contributed by atoms with van der Waals surface area (Å²) in [6, 6.07) is 7.02. The summed E-state index contributed by atoms with van der Waals surface area (Å²) >= 11 is 1.61. The van der Waals surface area contributed by atoms with Crippen molar-refractivity contribution >= 4 is 23.6 Å². The van der Waals surface area contributed by atoms with E-state index in [4.69, 9.17) is 0 Å². The molecule has 9 heteroatoms. The molecule has 0 aliphatic carbocycles. The monoisotopic (exact) mass is 391 g/mol. The van der Waals surface area contributed by atoms with E-state index in [0.29, 0.717) is 17.2 Å². The molecule has 0 unspecified atom stereocenters. The number of nitrogens with one attached hydrogen (secondary N) is 1. The number of carboxylic acid groups (broad SMARTS) is 1. The Labute approximate surface area is 158 Å². The standard InChI is InChI=1S/C18H18FN3O4S/c1-11-10-14(23)15(21-22(11)13-5-3-2-4-12(13)19)16(24)20-18(17(25)26)6-8-27-9-7-18/h2-5,10H,6-9H2,1H3,(H,20,24)(H,25,26). The highest BCUT2D eigenvalue weighted by molar-refractivity contribution is 7.99. The number of hydrogen-bond acceptors (Lipinski definition) is 5. The number of nitrogens with zero attached hydrogens (tertiary/aromatic N) is 2. The van der Waals surface area contributed by atoms with Crippen molar-refractivity contribution in [1.82, 2.24) is 15.1 Å². The number of aryl methyl sites for hydroxylation is 1. The van der Waals surface area contributed by atoms with Gasteiger partial charge in [0.1, 0.15) is 17.0 Å². The molecule has 2 heterocycles. The van der Waals surface area contributed by atoms with Crippen molar-refractivity contribution in [3.05, 3.63) is 57.8 Å². The summed E-state index contributed by atoms with van der Waals surface area (Å²) in [5.74, 6) is -1.40. The Morgan fingerprint density at radius 1 is 1.30 bits per heavy atom. The van der Waals surface area contributed by atoms with Gasteiger partial charge in [-0.1, -0.05) is 12.1 Å². The van der Waals surface area contributed by atoms with E-state index in [1.807, 2.05) is 0 Å². The second kappa shape index (κ2) is 7.51. The van der Waals surface area contributed by atoms with Crippen LogP contribution in [0.5, 0.6) is 0 Å². The highest BCUT2D eigenvalue weighted by atomic mass is 32.2. The first-order valence-electron chi connectivity index (χ1n) is 8.33. The third kappa shape index (κ3) is 3.73. The zero-order valence-corrected chi connectivity index (χ0v) is 15.4. The molecule has 2 N–H and O–H groups in total. The number of hydrogen-bond donors (Lipinski definition) is 2. The van der Waals surface area contributed by atoms with Gasteiger partial charge in [-0.25, -0.2) is 13.9 Å². The van der Waals surface area contributed by atoms with Crippen molar-refractivity contribution in [2.24, 2.45) is 0 Å². The summed E-state index contributed by atoms with van der Waals surface area (Å²) in [7, 11) is 0. The minimum Gasteiger partial charge on any atom is -0.480 e. The first kappa shape index (κ1) is 19.1. The van der Waals surface area contributed by atoms with Gasteiger partial charge in [0.05, 0.1) is 0 Å². The van der Waals surface area contributed by atoms with E-state index < -0.39 is 34.4 Å². The number of amides is 1. The highest BCUT2D eigenvalue weighted by Crippen LogP contribution is 2.27. The van der Waals surface area contributed by atoms with E-state index in [-0.39, 0.29) is 18.5 Å². The van der Waals surface area contributed by atoms with E-state index in [1.165, 1.54) is 24.3 Å². The molecule has 1 amide bonds. The number of rotatable bonds is 4. The van der Waals surface area contributed by atoms with Crippen LogP contribution in [0.4, 0.5) is 4.39 Å². The Bertz CT molecular complexity index is 954. The molecule has 27 heavy (non-hydrogen) atoms. The van der Waals surface area contributed by atoms with Crippen molar-refractivity contribution in [1.29, 1.82) is 0 Å². The van der Waals surface area contributed by atoms with Crippen molar-refractivity contribution in [3.8, 4) is 5.69 Å². The number of benzene rings is 1. The molecule has 0 bridgehead atoms. The minimum absolute atomic E-state index is 0.0889. The first-order valence-corrected chi connectivity index (χ1v) is 9.49. The molecule has 1 saturated heterocycles. The van der Waals surface area contributed by atoms with E-state index >= 15 is 0 Å². The fraction of sp³-hybridized carbons (Fsp3) is 0.333. The molecule has 1 aromatic heterocycles. The van der Waals surface area contributed by atoms with Gasteiger partial charge in [0, 0.05) is 11.8 Å². The van der Waals surface area contributed by atoms with Crippen molar-refractivity contribution < 1.29 is 19.1 Å². The number of aliphatic carboxylic acids is 1. The summed E-state index contributed by atoms with van der Waals surface area (Å²) in [5.41, 5.74) is -2.11. The lowest BCUT2D eigenvalue weighted by atomic mass is 9.92. The van der Waals surface area contributed by atoms with Crippen molar-refractivity contribution in [3.63, 3.8) is 0 Å². The van der Waals surface area contributed by atoms with Crippen LogP contribution in [-0.2, 0) is 4.79 Å². The summed E-state index contributed by atoms with van der Waals surface area (Å²) < 4.78 is 15.3. The average molecular weight is 391 g/mol. The molecule has 2 aromatic rings. The highest BCUT2D eigenvalue weighted by Gasteiger charge is 2.42. The lowest BCUT2D eigenvalue weighted by Gasteiger charge is -2.33. The van der Waals surface area contributed by atoms with Crippen LogP contribution in [0, 0.1) is 12.7 Å². The molecular weight excluding hydrogens is 373 g/mol. The van der Waals surface area contributed by atoms with Crippen molar-refractivity contribution in [2.75, 3.05) is 11.5 Å². The van der Waals surface area contributed by atoms with Crippen LogP contribution in [0.15, 0.2) is 35.1 Å². The summed E-state index contributed by atoms with van der Waals surface area (Å²) in [6.45, 7) is 1.57. The fourth-order valence-electron chi connectivity index (χ4n) is 2.96. The van der Waals surface area contributed by atoms with Gasteiger partial charge in [-0.05, 0) is 43.4 Å². The Balaban J connectivity index is 2.00. The third-order valence-electron chi connectivity index (χ3n) is 4.51. The predicted octanol–water partition coefficient (Wildman–Crippen LogP) is 1.76. The number of aromatic nitrogens is 2. The van der Waals surface area contributed by atoms with E-state index in [0.717, 1.165) is 4.68 Å². The molecule has 7 nitrogen and oxygen atoms in total. The predicted molar refractivity (Wildman–Crippen MR) is 98.9 cm³/mol. The zero-order valence-electron chi connectivity index (χ0n) is 14.6. The smallest absolute Gasteiger partial charge is 0.329 e. The maximum Gasteiger partial charge on any atom is 0.329 e. The largest absolute Gasteiger partial charge is 0.480 e. The molecular formula is C18H18FN3O4S. The summed E-state index contributed by atoms with van der Waals surface area (Å²) in [6.07, 6.45) is 0.512. The van der Waals surface area contributed by atoms with Crippen LogP contribution >= 0.6 is 11.8 Å². The SMILES string of the molecule is Cc1cc(=O)c(C(=O)NC2(C(=O)O)CCSCC2)nn1-c1ccccc1F. The average Bonchev–Trinajstić information content (AvgIpc) is 2.63. The molecule has 142 valence electrons. The van der Waals surface area contributed by atoms with E-state index in [9.17, 15) is 23.9 Å². The van der Waals surface area contributed by atoms with Gasteiger partial charge in [0.25, 0.3) is 5.91 Å². The van der Waals surface area contributed by atoms with E-state index in [2.05, 4.69) is 10.4 Å². The Hall–Kier alpha value is -2.68. The van der Waals surface area contributed by atoms with Gasteiger partial charge in [-0.15, -0.1) is 0 Å². The maximum absolute atomic E-state index is 14.1. The number of thioether (sulfide) groups is 1. The molecule has 1 aliphatic heterocycles. The number of carbonyl (C=O) groups excluding carboxylic acids is 1. The Morgan fingerprint density at radius 2 is 1.96 bits per heavy atom. The third-order valence-corrected chi connectivity index (χ3v) is 5.50. The lowest BCUT2D eigenvalue weighted by Crippen LogP contribution is -2.57. The van der Waals surface area contributed by atoms with Crippen LogP contribution < -0.4 is 10.7 Å².